The maximum atomic E-state index is 6.00. The van der Waals surface area contributed by atoms with Crippen LogP contribution in [0, 0.1) is 0 Å². The van der Waals surface area contributed by atoms with E-state index in [1.54, 1.807) is 13.3 Å². The fourth-order valence-corrected chi connectivity index (χ4v) is 2.80. The fourth-order valence-electron chi connectivity index (χ4n) is 1.63. The summed E-state index contributed by atoms with van der Waals surface area (Å²) in [7, 11) is 1.66. The van der Waals surface area contributed by atoms with Crippen LogP contribution in [0.5, 0.6) is 0 Å². The lowest BCUT2D eigenvalue weighted by atomic mass is 10.2. The molecule has 108 valence electrons. The van der Waals surface area contributed by atoms with Gasteiger partial charge in [-0.2, -0.15) is 4.98 Å². The maximum absolute atomic E-state index is 6.00. The highest BCUT2D eigenvalue weighted by molar-refractivity contribution is 9.11. The zero-order valence-corrected chi connectivity index (χ0v) is 14.0. The maximum Gasteiger partial charge on any atom is 0.243 e. The van der Waals surface area contributed by atoms with Crippen LogP contribution >= 0.6 is 31.9 Å². The van der Waals surface area contributed by atoms with Gasteiger partial charge in [0.25, 0.3) is 0 Å². The van der Waals surface area contributed by atoms with Gasteiger partial charge in [0.15, 0.2) is 0 Å². The molecule has 0 fully saturated rings. The largest absolute Gasteiger partial charge is 0.385 e. The van der Waals surface area contributed by atoms with Crippen LogP contribution in [0.3, 0.4) is 0 Å². The Morgan fingerprint density at radius 3 is 2.95 bits per heavy atom. The summed E-state index contributed by atoms with van der Waals surface area (Å²) in [4.78, 5) is 8.55. The number of ether oxygens (including phenoxy) is 1. The van der Waals surface area contributed by atoms with E-state index in [4.69, 9.17) is 15.0 Å². The van der Waals surface area contributed by atoms with Crippen molar-refractivity contribution in [2.24, 2.45) is 5.73 Å². The molecule has 1 unspecified atom stereocenters. The van der Waals surface area contributed by atoms with Crippen LogP contribution in [0.2, 0.25) is 0 Å². The second kappa shape index (κ2) is 7.26. The average Bonchev–Trinajstić information content (AvgIpc) is 2.88. The minimum absolute atomic E-state index is 0.291. The van der Waals surface area contributed by atoms with Crippen LogP contribution < -0.4 is 5.73 Å². The summed E-state index contributed by atoms with van der Waals surface area (Å²) < 4.78 is 11.8. The first-order chi connectivity index (χ1) is 9.61. The van der Waals surface area contributed by atoms with E-state index in [0.717, 1.165) is 21.8 Å². The van der Waals surface area contributed by atoms with E-state index in [1.807, 2.05) is 6.07 Å². The van der Waals surface area contributed by atoms with E-state index in [2.05, 4.69) is 47.0 Å². The van der Waals surface area contributed by atoms with Crippen molar-refractivity contribution in [2.75, 3.05) is 13.7 Å². The molecule has 0 radical (unpaired) electrons. The highest BCUT2D eigenvalue weighted by Crippen LogP contribution is 2.27. The van der Waals surface area contributed by atoms with Gasteiger partial charge < -0.3 is 15.0 Å². The SMILES string of the molecule is COCCCC(N)c1nc(-c2ncc(Br)cc2Br)no1. The van der Waals surface area contributed by atoms with Crippen molar-refractivity contribution in [1.29, 1.82) is 0 Å². The Morgan fingerprint density at radius 2 is 2.25 bits per heavy atom. The molecule has 2 N–H and O–H groups in total. The molecular formula is C12H14Br2N4O2. The van der Waals surface area contributed by atoms with Crippen LogP contribution in [0.15, 0.2) is 25.7 Å². The zero-order chi connectivity index (χ0) is 14.5. The average molecular weight is 406 g/mol. The summed E-state index contributed by atoms with van der Waals surface area (Å²) in [5.41, 5.74) is 6.62. The number of hydrogen-bond acceptors (Lipinski definition) is 6. The van der Waals surface area contributed by atoms with Gasteiger partial charge >= 0.3 is 0 Å². The van der Waals surface area contributed by atoms with Gasteiger partial charge in [-0.1, -0.05) is 5.16 Å². The highest BCUT2D eigenvalue weighted by Gasteiger charge is 2.17. The Morgan fingerprint density at radius 1 is 1.45 bits per heavy atom. The van der Waals surface area contributed by atoms with Crippen molar-refractivity contribution in [1.82, 2.24) is 15.1 Å². The smallest absolute Gasteiger partial charge is 0.243 e. The minimum Gasteiger partial charge on any atom is -0.385 e. The Kier molecular flexibility index (Phi) is 5.64. The number of methoxy groups -OCH3 is 1. The van der Waals surface area contributed by atoms with Crippen molar-refractivity contribution in [2.45, 2.75) is 18.9 Å². The molecular weight excluding hydrogens is 392 g/mol. The molecule has 0 amide bonds. The third-order valence-corrected chi connectivity index (χ3v) is 3.68. The number of rotatable bonds is 6. The molecule has 2 aromatic heterocycles. The van der Waals surface area contributed by atoms with E-state index < -0.39 is 0 Å². The lowest BCUT2D eigenvalue weighted by Gasteiger charge is -2.05. The molecule has 20 heavy (non-hydrogen) atoms. The van der Waals surface area contributed by atoms with Crippen LogP contribution in [0.25, 0.3) is 11.5 Å². The number of nitrogens with zero attached hydrogens (tertiary/aromatic N) is 3. The third kappa shape index (κ3) is 3.85. The molecule has 1 atom stereocenters. The summed E-state index contributed by atoms with van der Waals surface area (Å²) in [6.45, 7) is 0.661. The first-order valence-corrected chi connectivity index (χ1v) is 7.60. The van der Waals surface area contributed by atoms with Gasteiger partial charge in [-0.25, -0.2) is 0 Å². The Hall–Kier alpha value is -0.830. The molecule has 0 aromatic carbocycles. The van der Waals surface area contributed by atoms with Gasteiger partial charge in [0.1, 0.15) is 5.69 Å². The van der Waals surface area contributed by atoms with Crippen molar-refractivity contribution in [3.05, 3.63) is 27.1 Å². The molecule has 8 heteroatoms. The van der Waals surface area contributed by atoms with E-state index >= 15 is 0 Å². The second-order valence-corrected chi connectivity index (χ2v) is 5.95. The first kappa shape index (κ1) is 15.6. The van der Waals surface area contributed by atoms with Crippen molar-refractivity contribution < 1.29 is 9.26 Å². The van der Waals surface area contributed by atoms with E-state index in [-0.39, 0.29) is 6.04 Å². The Bertz CT molecular complexity index is 576. The monoisotopic (exact) mass is 404 g/mol. The fraction of sp³-hybridized carbons (Fsp3) is 0.417. The predicted octanol–water partition coefficient (Wildman–Crippen LogP) is 3.08. The lowest BCUT2D eigenvalue weighted by molar-refractivity contribution is 0.188. The Labute approximate surface area is 133 Å². The summed E-state index contributed by atoms with van der Waals surface area (Å²) >= 11 is 6.76. The number of pyridine rings is 1. The molecule has 2 aromatic rings. The zero-order valence-electron chi connectivity index (χ0n) is 10.8. The number of halogens is 2. The van der Waals surface area contributed by atoms with Crippen molar-refractivity contribution >= 4 is 31.9 Å². The quantitative estimate of drug-likeness (QED) is 0.743. The number of hydrogen-bond donors (Lipinski definition) is 1. The molecule has 0 aliphatic heterocycles. The summed E-state index contributed by atoms with van der Waals surface area (Å²) in [6.07, 6.45) is 3.24. The second-order valence-electron chi connectivity index (χ2n) is 4.18. The van der Waals surface area contributed by atoms with Gasteiger partial charge in [0.2, 0.25) is 11.7 Å². The van der Waals surface area contributed by atoms with Gasteiger partial charge in [0.05, 0.1) is 6.04 Å². The number of nitrogens with two attached hydrogens (primary N) is 1. The van der Waals surface area contributed by atoms with Crippen molar-refractivity contribution in [3.63, 3.8) is 0 Å². The van der Waals surface area contributed by atoms with Crippen LogP contribution in [-0.4, -0.2) is 28.8 Å². The van der Waals surface area contributed by atoms with E-state index in [1.165, 1.54) is 0 Å². The van der Waals surface area contributed by atoms with Crippen molar-refractivity contribution in [3.8, 4) is 11.5 Å². The van der Waals surface area contributed by atoms with E-state index in [9.17, 15) is 0 Å². The summed E-state index contributed by atoms with van der Waals surface area (Å²) in [5.74, 6) is 0.828. The topological polar surface area (TPSA) is 87.1 Å². The van der Waals surface area contributed by atoms with Crippen LogP contribution in [-0.2, 0) is 4.74 Å². The van der Waals surface area contributed by atoms with Gasteiger partial charge in [0, 0.05) is 28.9 Å². The minimum atomic E-state index is -0.291. The lowest BCUT2D eigenvalue weighted by Crippen LogP contribution is -2.11. The summed E-state index contributed by atoms with van der Waals surface area (Å²) in [6, 6.07) is 1.58. The molecule has 0 aliphatic rings. The first-order valence-electron chi connectivity index (χ1n) is 6.01. The molecule has 0 spiro atoms. The normalized spacial score (nSPS) is 12.6. The Balaban J connectivity index is 2.12. The third-order valence-electron chi connectivity index (χ3n) is 2.64. The van der Waals surface area contributed by atoms with Gasteiger partial charge in [-0.05, 0) is 50.8 Å². The molecule has 0 saturated carbocycles. The standard InChI is InChI=1S/C12H14Br2N4O2/c1-19-4-2-3-9(15)12-17-11(18-20-12)10-8(14)5-7(13)6-16-10/h5-6,9H,2-4,15H2,1H3. The molecule has 2 heterocycles. The summed E-state index contributed by atoms with van der Waals surface area (Å²) in [5, 5.41) is 3.92. The van der Waals surface area contributed by atoms with Crippen LogP contribution in [0.4, 0.5) is 0 Å². The number of aromatic nitrogens is 3. The van der Waals surface area contributed by atoms with E-state index in [0.29, 0.717) is 24.0 Å². The molecule has 0 saturated heterocycles. The molecule has 2 rings (SSSR count). The molecule has 0 aliphatic carbocycles. The van der Waals surface area contributed by atoms with Crippen LogP contribution in [0.1, 0.15) is 24.8 Å². The highest BCUT2D eigenvalue weighted by atomic mass is 79.9. The predicted molar refractivity (Wildman–Crippen MR) is 81.0 cm³/mol. The van der Waals surface area contributed by atoms with Gasteiger partial charge in [-0.3, -0.25) is 4.98 Å². The molecule has 0 bridgehead atoms. The van der Waals surface area contributed by atoms with Gasteiger partial charge in [-0.15, -0.1) is 0 Å². The molecule has 6 nitrogen and oxygen atoms in total.